The number of carbonyl (C=O) groups is 1. The molecule has 4 atom stereocenters. The molecule has 1 aromatic heterocycles. The van der Waals surface area contributed by atoms with Gasteiger partial charge in [-0.1, -0.05) is 18.6 Å². The molecule has 0 spiro atoms. The molecular formula is C25H34N4O2. The van der Waals surface area contributed by atoms with Crippen molar-refractivity contribution in [3.63, 3.8) is 0 Å². The van der Waals surface area contributed by atoms with Gasteiger partial charge in [-0.3, -0.25) is 9.69 Å². The Kier molecular flexibility index (Phi) is 5.51. The Morgan fingerprint density at radius 3 is 2.84 bits per heavy atom. The van der Waals surface area contributed by atoms with Gasteiger partial charge in [0.05, 0.1) is 19.1 Å². The van der Waals surface area contributed by atoms with Crippen LogP contribution in [0.4, 0.5) is 0 Å². The third kappa shape index (κ3) is 3.75. The lowest BCUT2D eigenvalue weighted by atomic mass is 9.71. The second-order valence-electron chi connectivity index (χ2n) is 9.68. The molecule has 3 fully saturated rings. The number of carbonyl (C=O) groups excluding carboxylic acids is 1. The molecule has 0 N–H and O–H groups in total. The number of fused-ring (bicyclic) bond motifs is 4. The van der Waals surface area contributed by atoms with Gasteiger partial charge in [0.1, 0.15) is 11.4 Å². The topological polar surface area (TPSA) is 50.6 Å². The molecule has 5 rings (SSSR count). The van der Waals surface area contributed by atoms with E-state index in [0.29, 0.717) is 23.9 Å². The Bertz CT molecular complexity index is 935. The number of piperidine rings is 3. The number of rotatable bonds is 4. The van der Waals surface area contributed by atoms with Crippen LogP contribution in [0.15, 0.2) is 30.6 Å². The smallest absolute Gasteiger partial charge is 0.272 e. The lowest BCUT2D eigenvalue weighted by Crippen LogP contribution is -2.64. The second-order valence-corrected chi connectivity index (χ2v) is 9.68. The summed E-state index contributed by atoms with van der Waals surface area (Å²) in [6.45, 7) is 4.86. The minimum absolute atomic E-state index is 0.150. The van der Waals surface area contributed by atoms with Crippen molar-refractivity contribution in [3.8, 4) is 5.75 Å². The summed E-state index contributed by atoms with van der Waals surface area (Å²) in [5, 5.41) is 0. The maximum Gasteiger partial charge on any atom is 0.272 e. The first-order valence-electron chi connectivity index (χ1n) is 11.7. The molecule has 2 bridgehead atoms. The number of ether oxygens (including phenoxy) is 1. The zero-order valence-electron chi connectivity index (χ0n) is 19.0. The molecule has 0 unspecified atom stereocenters. The number of likely N-dealkylation sites (tertiary alicyclic amines) is 1. The summed E-state index contributed by atoms with van der Waals surface area (Å²) in [5.41, 5.74) is 2.90. The van der Waals surface area contributed by atoms with E-state index in [1.54, 1.807) is 13.4 Å². The third-order valence-corrected chi connectivity index (χ3v) is 7.81. The molecule has 3 saturated heterocycles. The highest BCUT2D eigenvalue weighted by Crippen LogP contribution is 2.42. The van der Waals surface area contributed by atoms with Crippen LogP contribution in [0, 0.1) is 18.8 Å². The van der Waals surface area contributed by atoms with E-state index in [9.17, 15) is 4.79 Å². The van der Waals surface area contributed by atoms with Gasteiger partial charge in [0.15, 0.2) is 0 Å². The van der Waals surface area contributed by atoms with Gasteiger partial charge in [0, 0.05) is 32.2 Å². The largest absolute Gasteiger partial charge is 0.497 e. The van der Waals surface area contributed by atoms with E-state index in [4.69, 9.17) is 4.74 Å². The van der Waals surface area contributed by atoms with E-state index in [2.05, 4.69) is 33.0 Å². The third-order valence-electron chi connectivity index (χ3n) is 7.81. The van der Waals surface area contributed by atoms with Crippen molar-refractivity contribution in [1.29, 1.82) is 0 Å². The minimum atomic E-state index is 0.150. The lowest BCUT2D eigenvalue weighted by Gasteiger charge is -2.57. The number of methoxy groups -OCH3 is 1. The second kappa shape index (κ2) is 8.30. The summed E-state index contributed by atoms with van der Waals surface area (Å²) in [7, 11) is 3.66. The van der Waals surface area contributed by atoms with Crippen molar-refractivity contribution in [2.45, 2.75) is 51.1 Å². The van der Waals surface area contributed by atoms with E-state index in [0.717, 1.165) is 36.6 Å². The van der Waals surface area contributed by atoms with Crippen molar-refractivity contribution < 1.29 is 9.53 Å². The number of imidazole rings is 1. The minimum Gasteiger partial charge on any atom is -0.497 e. The van der Waals surface area contributed by atoms with Gasteiger partial charge in [0.2, 0.25) is 0 Å². The zero-order chi connectivity index (χ0) is 21.5. The van der Waals surface area contributed by atoms with Gasteiger partial charge in [-0.2, -0.15) is 0 Å². The fourth-order valence-electron chi connectivity index (χ4n) is 6.40. The molecule has 6 nitrogen and oxygen atoms in total. The van der Waals surface area contributed by atoms with Gasteiger partial charge in [0.25, 0.3) is 5.91 Å². The van der Waals surface area contributed by atoms with Crippen LogP contribution in [0.5, 0.6) is 5.75 Å². The monoisotopic (exact) mass is 422 g/mol. The molecule has 31 heavy (non-hydrogen) atoms. The molecular weight excluding hydrogens is 388 g/mol. The van der Waals surface area contributed by atoms with Crippen molar-refractivity contribution in [3.05, 3.63) is 47.5 Å². The summed E-state index contributed by atoms with van der Waals surface area (Å²) in [4.78, 5) is 22.8. The maximum atomic E-state index is 13.5. The van der Waals surface area contributed by atoms with Gasteiger partial charge >= 0.3 is 0 Å². The van der Waals surface area contributed by atoms with Crippen LogP contribution in [-0.2, 0) is 13.5 Å². The summed E-state index contributed by atoms with van der Waals surface area (Å²) < 4.78 is 7.35. The molecule has 2 aromatic rings. The normalized spacial score (nSPS) is 28.3. The number of amides is 1. The zero-order valence-corrected chi connectivity index (χ0v) is 19.0. The van der Waals surface area contributed by atoms with E-state index < -0.39 is 0 Å². The average molecular weight is 423 g/mol. The van der Waals surface area contributed by atoms with Crippen LogP contribution in [0.2, 0.25) is 0 Å². The van der Waals surface area contributed by atoms with Crippen LogP contribution in [-0.4, -0.2) is 64.1 Å². The van der Waals surface area contributed by atoms with Crippen LogP contribution in [0.3, 0.4) is 0 Å². The van der Waals surface area contributed by atoms with Gasteiger partial charge in [-0.05, 0) is 68.7 Å². The van der Waals surface area contributed by atoms with Crippen LogP contribution >= 0.6 is 0 Å². The number of benzene rings is 1. The standard InChI is InChI=1S/C25H34N4O2/c1-17-24(27(2)16-26-17)25(30)28-14-19-13-20(15-28)23(29-10-5-4-9-22(19)29)12-18-7-6-8-21(11-18)31-3/h6-8,11,16,19-20,22-23H,4-5,9-10,12-15H2,1-3H3/t19-,20+,22+,23+/m1/s1. The Balaban J connectivity index is 1.42. The molecule has 3 aliphatic heterocycles. The highest BCUT2D eigenvalue weighted by molar-refractivity contribution is 5.93. The fraction of sp³-hybridized carbons (Fsp3) is 0.600. The number of aromatic nitrogens is 2. The number of hydrogen-bond acceptors (Lipinski definition) is 4. The first-order valence-corrected chi connectivity index (χ1v) is 11.7. The quantitative estimate of drug-likeness (QED) is 0.759. The van der Waals surface area contributed by atoms with Crippen molar-refractivity contribution in [2.75, 3.05) is 26.7 Å². The predicted molar refractivity (Wildman–Crippen MR) is 120 cm³/mol. The molecule has 0 aliphatic carbocycles. The van der Waals surface area contributed by atoms with Gasteiger partial charge in [-0.25, -0.2) is 4.98 Å². The molecule has 6 heteroatoms. The van der Waals surface area contributed by atoms with Gasteiger partial charge < -0.3 is 14.2 Å². The molecule has 1 amide bonds. The van der Waals surface area contributed by atoms with Gasteiger partial charge in [-0.15, -0.1) is 0 Å². The highest BCUT2D eigenvalue weighted by Gasteiger charge is 2.48. The molecule has 0 radical (unpaired) electrons. The Labute approximate surface area is 185 Å². The van der Waals surface area contributed by atoms with Crippen LogP contribution in [0.1, 0.15) is 47.4 Å². The van der Waals surface area contributed by atoms with E-state index in [1.165, 1.54) is 37.8 Å². The van der Waals surface area contributed by atoms with Crippen LogP contribution < -0.4 is 4.74 Å². The molecule has 4 heterocycles. The van der Waals surface area contributed by atoms with Crippen molar-refractivity contribution >= 4 is 5.91 Å². The fourth-order valence-corrected chi connectivity index (χ4v) is 6.40. The van der Waals surface area contributed by atoms with E-state index in [1.807, 2.05) is 24.6 Å². The Hall–Kier alpha value is -2.34. The molecule has 0 saturated carbocycles. The first-order chi connectivity index (χ1) is 15.0. The molecule has 3 aliphatic rings. The number of aryl methyl sites for hydroxylation is 2. The van der Waals surface area contributed by atoms with Crippen molar-refractivity contribution in [2.24, 2.45) is 18.9 Å². The molecule has 1 aromatic carbocycles. The van der Waals surface area contributed by atoms with Crippen LogP contribution in [0.25, 0.3) is 0 Å². The number of nitrogens with zero attached hydrogens (tertiary/aromatic N) is 4. The summed E-state index contributed by atoms with van der Waals surface area (Å²) in [6, 6.07) is 9.59. The maximum absolute atomic E-state index is 13.5. The highest BCUT2D eigenvalue weighted by atomic mass is 16.5. The SMILES string of the molecule is COc1cccc(C[C@H]2[C@H]3C[C@H](CN(C(=O)c4c(C)ncn4C)C3)[C@@H]3CCCCN32)c1. The predicted octanol–water partition coefficient (Wildman–Crippen LogP) is 3.29. The lowest BCUT2D eigenvalue weighted by molar-refractivity contribution is -0.0643. The summed E-state index contributed by atoms with van der Waals surface area (Å²) >= 11 is 0. The van der Waals surface area contributed by atoms with E-state index >= 15 is 0 Å². The van der Waals surface area contributed by atoms with Crippen molar-refractivity contribution in [1.82, 2.24) is 19.4 Å². The average Bonchev–Trinajstić information content (AvgIpc) is 3.14. The van der Waals surface area contributed by atoms with E-state index in [-0.39, 0.29) is 5.91 Å². The summed E-state index contributed by atoms with van der Waals surface area (Å²) in [5.74, 6) is 2.17. The summed E-state index contributed by atoms with van der Waals surface area (Å²) in [6.07, 6.45) is 7.88. The first kappa shape index (κ1) is 20.6. The number of hydrogen-bond donors (Lipinski definition) is 0. The Morgan fingerprint density at radius 2 is 2.06 bits per heavy atom. The molecule has 166 valence electrons. The Morgan fingerprint density at radius 1 is 1.23 bits per heavy atom.